The van der Waals surface area contributed by atoms with Crippen LogP contribution in [-0.4, -0.2) is 34.7 Å². The highest BCUT2D eigenvalue weighted by molar-refractivity contribution is 5.89. The van der Waals surface area contributed by atoms with Gasteiger partial charge in [0.25, 0.3) is 0 Å². The van der Waals surface area contributed by atoms with Gasteiger partial charge in [0, 0.05) is 18.2 Å². The molecule has 1 atom stereocenters. The van der Waals surface area contributed by atoms with Crippen LogP contribution in [0.3, 0.4) is 0 Å². The first kappa shape index (κ1) is 16.9. The number of likely N-dealkylation sites (tertiary alicyclic amines) is 1. The normalized spacial score (nSPS) is 20.5. The number of methoxy groups -OCH3 is 1. The smallest absolute Gasteiger partial charge is 0.322 e. The van der Waals surface area contributed by atoms with Gasteiger partial charge in [-0.1, -0.05) is 18.0 Å². The molecular weight excluding hydrogens is 332 g/mol. The number of amides is 2. The molecule has 1 saturated carbocycles. The van der Waals surface area contributed by atoms with Crippen LogP contribution in [0.1, 0.15) is 62.2 Å². The fourth-order valence-electron chi connectivity index (χ4n) is 3.37. The molecule has 7 nitrogen and oxygen atoms in total. The molecule has 1 aliphatic heterocycles. The molecule has 26 heavy (non-hydrogen) atoms. The van der Waals surface area contributed by atoms with Crippen molar-refractivity contribution in [2.24, 2.45) is 0 Å². The minimum atomic E-state index is -0.157. The van der Waals surface area contributed by atoms with Crippen LogP contribution in [0.4, 0.5) is 10.5 Å². The van der Waals surface area contributed by atoms with Gasteiger partial charge in [-0.25, -0.2) is 4.79 Å². The summed E-state index contributed by atoms with van der Waals surface area (Å²) in [6.45, 7) is 0.688. The minimum Gasteiger partial charge on any atom is -0.497 e. The van der Waals surface area contributed by atoms with Gasteiger partial charge in [-0.15, -0.1) is 0 Å². The number of anilines is 1. The van der Waals surface area contributed by atoms with Crippen LogP contribution in [0.15, 0.2) is 28.8 Å². The van der Waals surface area contributed by atoms with E-state index in [0.29, 0.717) is 18.4 Å². The maximum Gasteiger partial charge on any atom is 0.322 e. The predicted molar refractivity (Wildman–Crippen MR) is 96.2 cm³/mol. The molecule has 2 fully saturated rings. The highest BCUT2D eigenvalue weighted by atomic mass is 16.5. The Labute approximate surface area is 152 Å². The summed E-state index contributed by atoms with van der Waals surface area (Å²) in [7, 11) is 1.62. The molecule has 4 rings (SSSR count). The quantitative estimate of drug-likeness (QED) is 0.892. The van der Waals surface area contributed by atoms with Crippen molar-refractivity contribution in [3.63, 3.8) is 0 Å². The lowest BCUT2D eigenvalue weighted by molar-refractivity contribution is 0.171. The van der Waals surface area contributed by atoms with Crippen LogP contribution >= 0.6 is 0 Å². The van der Waals surface area contributed by atoms with Crippen molar-refractivity contribution in [1.82, 2.24) is 15.0 Å². The largest absolute Gasteiger partial charge is 0.497 e. The van der Waals surface area contributed by atoms with Crippen molar-refractivity contribution in [3.8, 4) is 5.75 Å². The fourth-order valence-corrected chi connectivity index (χ4v) is 3.37. The molecule has 1 unspecified atom stereocenters. The third-order valence-electron chi connectivity index (χ3n) is 5.04. The summed E-state index contributed by atoms with van der Waals surface area (Å²) < 4.78 is 10.7. The first-order chi connectivity index (χ1) is 12.7. The molecule has 138 valence electrons. The zero-order valence-corrected chi connectivity index (χ0v) is 15.0. The van der Waals surface area contributed by atoms with Gasteiger partial charge >= 0.3 is 6.03 Å². The molecule has 2 heterocycles. The van der Waals surface area contributed by atoms with E-state index in [9.17, 15) is 4.79 Å². The second-order valence-corrected chi connectivity index (χ2v) is 6.98. The van der Waals surface area contributed by atoms with Gasteiger partial charge < -0.3 is 19.5 Å². The van der Waals surface area contributed by atoms with Crippen LogP contribution in [0.5, 0.6) is 5.75 Å². The molecule has 1 aromatic carbocycles. The summed E-state index contributed by atoms with van der Waals surface area (Å²) in [6.07, 6.45) is 6.25. The van der Waals surface area contributed by atoms with Crippen LogP contribution in [0.2, 0.25) is 0 Å². The minimum absolute atomic E-state index is 0.131. The van der Waals surface area contributed by atoms with E-state index in [1.807, 2.05) is 29.2 Å². The maximum absolute atomic E-state index is 12.9. The number of hydrogen-bond acceptors (Lipinski definition) is 5. The highest BCUT2D eigenvalue weighted by Crippen LogP contribution is 2.39. The Morgan fingerprint density at radius 3 is 2.73 bits per heavy atom. The summed E-state index contributed by atoms with van der Waals surface area (Å²) in [5, 5.41) is 7.10. The number of carbonyl (C=O) groups is 1. The van der Waals surface area contributed by atoms with E-state index in [1.165, 1.54) is 0 Å². The number of nitrogens with zero attached hydrogens (tertiary/aromatic N) is 3. The third-order valence-corrected chi connectivity index (χ3v) is 5.04. The summed E-state index contributed by atoms with van der Waals surface area (Å²) in [5.74, 6) is 2.56. The Hall–Kier alpha value is -2.57. The average molecular weight is 356 g/mol. The van der Waals surface area contributed by atoms with E-state index >= 15 is 0 Å². The zero-order valence-electron chi connectivity index (χ0n) is 15.0. The number of hydrogen-bond donors (Lipinski definition) is 1. The molecule has 0 bridgehead atoms. The number of ether oxygens (including phenoxy) is 1. The molecular formula is C19H24N4O3. The molecule has 1 N–H and O–H groups in total. The first-order valence-electron chi connectivity index (χ1n) is 9.30. The molecule has 1 saturated heterocycles. The number of urea groups is 1. The molecule has 1 aliphatic carbocycles. The summed E-state index contributed by atoms with van der Waals surface area (Å²) >= 11 is 0. The van der Waals surface area contributed by atoms with Gasteiger partial charge in [0.05, 0.1) is 7.11 Å². The van der Waals surface area contributed by atoms with Crippen LogP contribution in [0, 0.1) is 0 Å². The second-order valence-electron chi connectivity index (χ2n) is 6.98. The Balaban J connectivity index is 1.50. The van der Waals surface area contributed by atoms with Crippen molar-refractivity contribution in [2.75, 3.05) is 19.0 Å². The third kappa shape index (κ3) is 3.66. The van der Waals surface area contributed by atoms with Gasteiger partial charge in [0.2, 0.25) is 5.89 Å². The number of benzene rings is 1. The maximum atomic E-state index is 12.9. The predicted octanol–water partition coefficient (Wildman–Crippen LogP) is 4.10. The van der Waals surface area contributed by atoms with Crippen LogP contribution in [-0.2, 0) is 0 Å². The Morgan fingerprint density at radius 1 is 1.19 bits per heavy atom. The lowest BCUT2D eigenvalue weighted by atomic mass is 10.1. The van der Waals surface area contributed by atoms with E-state index in [0.717, 1.165) is 55.8 Å². The summed E-state index contributed by atoms with van der Waals surface area (Å²) in [4.78, 5) is 19.3. The van der Waals surface area contributed by atoms with Crippen molar-refractivity contribution in [3.05, 3.63) is 36.0 Å². The molecule has 7 heteroatoms. The zero-order chi connectivity index (χ0) is 17.9. The molecule has 2 aromatic rings. The molecule has 2 amide bonds. The standard InChI is InChI=1S/C19H24N4O3/c1-25-15-10-8-14(9-11-15)20-19(24)23-12-4-2-3-5-16(23)18-21-17(22-26-18)13-6-7-13/h8-11,13,16H,2-7,12H2,1H3,(H,20,24). The molecule has 2 aliphatic rings. The number of nitrogens with one attached hydrogen (secondary N) is 1. The van der Waals surface area contributed by atoms with E-state index < -0.39 is 0 Å². The summed E-state index contributed by atoms with van der Waals surface area (Å²) in [5.41, 5.74) is 0.739. The van der Waals surface area contributed by atoms with Gasteiger partial charge in [0.1, 0.15) is 11.8 Å². The van der Waals surface area contributed by atoms with Crippen LogP contribution < -0.4 is 10.1 Å². The topological polar surface area (TPSA) is 80.5 Å². The first-order valence-corrected chi connectivity index (χ1v) is 9.30. The van der Waals surface area contributed by atoms with Gasteiger partial charge in [-0.05, 0) is 49.9 Å². The number of aromatic nitrogens is 2. The van der Waals surface area contributed by atoms with Gasteiger partial charge in [-0.3, -0.25) is 0 Å². The Bertz CT molecular complexity index is 754. The Morgan fingerprint density at radius 2 is 2.00 bits per heavy atom. The molecule has 0 spiro atoms. The van der Waals surface area contributed by atoms with Gasteiger partial charge in [0.15, 0.2) is 5.82 Å². The SMILES string of the molecule is COc1ccc(NC(=O)N2CCCCCC2c2nc(C3CC3)no2)cc1. The monoisotopic (exact) mass is 356 g/mol. The highest BCUT2D eigenvalue weighted by Gasteiger charge is 2.34. The number of carbonyl (C=O) groups excluding carboxylic acids is 1. The van der Waals surface area contributed by atoms with Crippen molar-refractivity contribution in [2.45, 2.75) is 50.5 Å². The molecule has 1 aromatic heterocycles. The second kappa shape index (κ2) is 7.35. The average Bonchev–Trinajstić information content (AvgIpc) is 3.45. The van der Waals surface area contributed by atoms with Crippen molar-refractivity contribution >= 4 is 11.7 Å². The van der Waals surface area contributed by atoms with Crippen molar-refractivity contribution < 1.29 is 14.1 Å². The van der Waals surface area contributed by atoms with E-state index in [4.69, 9.17) is 9.26 Å². The fraction of sp³-hybridized carbons (Fsp3) is 0.526. The number of rotatable bonds is 4. The lowest BCUT2D eigenvalue weighted by Crippen LogP contribution is -2.38. The lowest BCUT2D eigenvalue weighted by Gasteiger charge is -2.27. The van der Waals surface area contributed by atoms with E-state index in [1.54, 1.807) is 7.11 Å². The van der Waals surface area contributed by atoms with E-state index in [-0.39, 0.29) is 12.1 Å². The Kier molecular flexibility index (Phi) is 4.77. The van der Waals surface area contributed by atoms with Gasteiger partial charge in [-0.2, -0.15) is 4.98 Å². The molecule has 0 radical (unpaired) electrons. The van der Waals surface area contributed by atoms with Crippen LogP contribution in [0.25, 0.3) is 0 Å². The van der Waals surface area contributed by atoms with E-state index in [2.05, 4.69) is 15.5 Å². The van der Waals surface area contributed by atoms with Crippen molar-refractivity contribution in [1.29, 1.82) is 0 Å². The summed E-state index contributed by atoms with van der Waals surface area (Å²) in [6, 6.07) is 7.04.